The van der Waals surface area contributed by atoms with E-state index in [1.165, 1.54) is 29.7 Å². The van der Waals surface area contributed by atoms with Crippen LogP contribution in [0.15, 0.2) is 18.2 Å². The lowest BCUT2D eigenvalue weighted by atomic mass is 9.99. The van der Waals surface area contributed by atoms with Gasteiger partial charge in [-0.05, 0) is 31.0 Å². The van der Waals surface area contributed by atoms with Crippen LogP contribution in [-0.4, -0.2) is 50.8 Å². The molecule has 0 aliphatic carbocycles. The van der Waals surface area contributed by atoms with E-state index in [0.29, 0.717) is 6.10 Å². The van der Waals surface area contributed by atoms with E-state index in [9.17, 15) is 0 Å². The summed E-state index contributed by atoms with van der Waals surface area (Å²) in [5.41, 5.74) is 4.20. The zero-order chi connectivity index (χ0) is 13.8. The summed E-state index contributed by atoms with van der Waals surface area (Å²) < 4.78 is 5.78. The van der Waals surface area contributed by atoms with Crippen molar-refractivity contribution < 1.29 is 4.74 Å². The Bertz CT molecular complexity index is 449. The van der Waals surface area contributed by atoms with Gasteiger partial charge in [0.05, 0.1) is 12.7 Å². The molecule has 1 saturated heterocycles. The molecule has 4 heteroatoms. The summed E-state index contributed by atoms with van der Waals surface area (Å²) in [6, 6.07) is 6.63. The minimum absolute atomic E-state index is 0.321. The summed E-state index contributed by atoms with van der Waals surface area (Å²) in [4.78, 5) is 2.34. The number of benzene rings is 1. The van der Waals surface area contributed by atoms with Gasteiger partial charge in [-0.15, -0.1) is 0 Å². The van der Waals surface area contributed by atoms with Crippen LogP contribution >= 0.6 is 0 Å². The molecule has 0 bridgehead atoms. The fourth-order valence-electron chi connectivity index (χ4n) is 3.09. The molecule has 20 heavy (non-hydrogen) atoms. The van der Waals surface area contributed by atoms with Crippen molar-refractivity contribution >= 4 is 5.69 Å². The molecular weight excluding hydrogens is 250 g/mol. The number of likely N-dealkylation sites (N-methyl/N-ethyl adjacent to an activating group) is 1. The first kappa shape index (κ1) is 13.9. The lowest BCUT2D eigenvalue weighted by Gasteiger charge is -2.30. The van der Waals surface area contributed by atoms with Gasteiger partial charge in [-0.1, -0.05) is 18.2 Å². The van der Waals surface area contributed by atoms with Crippen molar-refractivity contribution in [2.75, 3.05) is 45.2 Å². The highest BCUT2D eigenvalue weighted by Gasteiger charge is 2.17. The van der Waals surface area contributed by atoms with Crippen LogP contribution in [0.4, 0.5) is 5.69 Å². The number of morpholine rings is 1. The van der Waals surface area contributed by atoms with Crippen molar-refractivity contribution in [1.29, 1.82) is 0 Å². The Kier molecular flexibility index (Phi) is 4.55. The Labute approximate surface area is 121 Å². The molecular formula is C16H25N3O. The normalized spacial score (nSPS) is 23.1. The van der Waals surface area contributed by atoms with E-state index in [1.807, 2.05) is 0 Å². The van der Waals surface area contributed by atoms with E-state index < -0.39 is 0 Å². The Balaban J connectivity index is 1.53. The topological polar surface area (TPSA) is 36.5 Å². The fraction of sp³-hybridized carbons (Fsp3) is 0.625. The number of aryl methyl sites for hydroxylation is 1. The number of ether oxygens (including phenoxy) is 1. The summed E-state index contributed by atoms with van der Waals surface area (Å²) in [5.74, 6) is 0. The van der Waals surface area contributed by atoms with Crippen LogP contribution < -0.4 is 10.6 Å². The standard InChI is InChI=1S/C16H25N3O/c1-19-8-9-20-15(12-19)11-17-10-14-5-2-4-13-6-3-7-18-16(13)14/h2,4-5,15,17-18H,3,6-12H2,1H3. The molecule has 0 amide bonds. The lowest BCUT2D eigenvalue weighted by Crippen LogP contribution is -2.44. The molecule has 1 fully saturated rings. The molecule has 4 nitrogen and oxygen atoms in total. The van der Waals surface area contributed by atoms with Gasteiger partial charge >= 0.3 is 0 Å². The van der Waals surface area contributed by atoms with Crippen LogP contribution in [0.3, 0.4) is 0 Å². The van der Waals surface area contributed by atoms with Crippen molar-refractivity contribution in [3.63, 3.8) is 0 Å². The molecule has 2 heterocycles. The number of nitrogens with zero attached hydrogens (tertiary/aromatic N) is 1. The maximum atomic E-state index is 5.78. The highest BCUT2D eigenvalue weighted by atomic mass is 16.5. The third kappa shape index (κ3) is 3.32. The van der Waals surface area contributed by atoms with Crippen molar-refractivity contribution in [3.8, 4) is 0 Å². The molecule has 1 aromatic rings. The predicted molar refractivity (Wildman–Crippen MR) is 82.2 cm³/mol. The van der Waals surface area contributed by atoms with Crippen LogP contribution in [0.25, 0.3) is 0 Å². The maximum Gasteiger partial charge on any atom is 0.0826 e. The summed E-state index contributed by atoms with van der Waals surface area (Å²) in [7, 11) is 2.16. The van der Waals surface area contributed by atoms with Gasteiger partial charge in [0.15, 0.2) is 0 Å². The number of anilines is 1. The van der Waals surface area contributed by atoms with E-state index in [2.05, 4.69) is 40.8 Å². The van der Waals surface area contributed by atoms with Gasteiger partial charge in [0, 0.05) is 38.4 Å². The highest BCUT2D eigenvalue weighted by Crippen LogP contribution is 2.25. The number of fused-ring (bicyclic) bond motifs is 1. The number of hydrogen-bond donors (Lipinski definition) is 2. The zero-order valence-electron chi connectivity index (χ0n) is 12.3. The summed E-state index contributed by atoms with van der Waals surface area (Å²) >= 11 is 0. The summed E-state index contributed by atoms with van der Waals surface area (Å²) in [6.07, 6.45) is 2.76. The highest BCUT2D eigenvalue weighted by molar-refractivity contribution is 5.59. The molecule has 2 N–H and O–H groups in total. The van der Waals surface area contributed by atoms with Crippen molar-refractivity contribution in [2.45, 2.75) is 25.5 Å². The lowest BCUT2D eigenvalue weighted by molar-refractivity contribution is -0.0182. The molecule has 0 saturated carbocycles. The van der Waals surface area contributed by atoms with Crippen LogP contribution in [0.5, 0.6) is 0 Å². The second-order valence-electron chi connectivity index (χ2n) is 5.87. The summed E-state index contributed by atoms with van der Waals surface area (Å²) in [6.45, 7) is 5.87. The molecule has 110 valence electrons. The summed E-state index contributed by atoms with van der Waals surface area (Å²) in [5, 5.41) is 7.10. The van der Waals surface area contributed by atoms with E-state index in [0.717, 1.165) is 39.3 Å². The minimum Gasteiger partial charge on any atom is -0.385 e. The van der Waals surface area contributed by atoms with Gasteiger partial charge in [0.1, 0.15) is 0 Å². The fourth-order valence-corrected chi connectivity index (χ4v) is 3.09. The minimum atomic E-state index is 0.321. The second-order valence-corrected chi connectivity index (χ2v) is 5.87. The monoisotopic (exact) mass is 275 g/mol. The maximum absolute atomic E-state index is 5.78. The Morgan fingerprint density at radius 2 is 2.40 bits per heavy atom. The van der Waals surface area contributed by atoms with Crippen molar-refractivity contribution in [2.24, 2.45) is 0 Å². The average Bonchev–Trinajstić information content (AvgIpc) is 2.48. The smallest absolute Gasteiger partial charge is 0.0826 e. The van der Waals surface area contributed by atoms with Gasteiger partial charge in [-0.25, -0.2) is 0 Å². The number of para-hydroxylation sites is 1. The molecule has 3 rings (SSSR count). The van der Waals surface area contributed by atoms with Crippen LogP contribution in [0, 0.1) is 0 Å². The third-order valence-electron chi connectivity index (χ3n) is 4.19. The first-order valence-electron chi connectivity index (χ1n) is 7.68. The van der Waals surface area contributed by atoms with E-state index in [-0.39, 0.29) is 0 Å². The van der Waals surface area contributed by atoms with Gasteiger partial charge < -0.3 is 20.3 Å². The molecule has 2 aliphatic heterocycles. The largest absolute Gasteiger partial charge is 0.385 e. The average molecular weight is 275 g/mol. The van der Waals surface area contributed by atoms with Crippen molar-refractivity contribution in [1.82, 2.24) is 10.2 Å². The number of nitrogens with one attached hydrogen (secondary N) is 2. The van der Waals surface area contributed by atoms with E-state index in [1.54, 1.807) is 0 Å². The molecule has 1 atom stereocenters. The Morgan fingerprint density at radius 1 is 1.45 bits per heavy atom. The quantitative estimate of drug-likeness (QED) is 0.872. The predicted octanol–water partition coefficient (Wildman–Crippen LogP) is 1.46. The Morgan fingerprint density at radius 3 is 3.30 bits per heavy atom. The van der Waals surface area contributed by atoms with Crippen molar-refractivity contribution in [3.05, 3.63) is 29.3 Å². The number of rotatable bonds is 4. The number of hydrogen-bond acceptors (Lipinski definition) is 4. The van der Waals surface area contributed by atoms with Gasteiger partial charge in [-0.3, -0.25) is 0 Å². The first-order chi connectivity index (χ1) is 9.83. The SMILES string of the molecule is CN1CCOC(CNCc2cccc3c2NCCC3)C1. The van der Waals surface area contributed by atoms with Gasteiger partial charge in [0.2, 0.25) is 0 Å². The molecule has 0 spiro atoms. The van der Waals surface area contributed by atoms with Crippen LogP contribution in [-0.2, 0) is 17.7 Å². The van der Waals surface area contributed by atoms with E-state index >= 15 is 0 Å². The van der Waals surface area contributed by atoms with Crippen LogP contribution in [0.2, 0.25) is 0 Å². The third-order valence-corrected chi connectivity index (χ3v) is 4.19. The van der Waals surface area contributed by atoms with Crippen LogP contribution in [0.1, 0.15) is 17.5 Å². The van der Waals surface area contributed by atoms with Gasteiger partial charge in [-0.2, -0.15) is 0 Å². The first-order valence-corrected chi connectivity index (χ1v) is 7.68. The Hall–Kier alpha value is -1.10. The molecule has 1 aromatic carbocycles. The molecule has 0 radical (unpaired) electrons. The van der Waals surface area contributed by atoms with Gasteiger partial charge in [0.25, 0.3) is 0 Å². The van der Waals surface area contributed by atoms with E-state index in [4.69, 9.17) is 4.74 Å². The molecule has 0 aromatic heterocycles. The zero-order valence-corrected chi connectivity index (χ0v) is 12.3. The molecule has 2 aliphatic rings. The molecule has 1 unspecified atom stereocenters. The second kappa shape index (κ2) is 6.57.